The van der Waals surface area contributed by atoms with Crippen molar-refractivity contribution < 1.29 is 31.7 Å². The zero-order chi connectivity index (χ0) is 19.6. The van der Waals surface area contributed by atoms with Crippen LogP contribution >= 0.6 is 0 Å². The third kappa shape index (κ3) is 4.41. The number of amides is 2. The number of nitrogens with zero attached hydrogens (tertiary/aromatic N) is 3. The minimum absolute atomic E-state index is 0.0141. The van der Waals surface area contributed by atoms with Crippen LogP contribution in [0.5, 0.6) is 0 Å². The van der Waals surface area contributed by atoms with Gasteiger partial charge < -0.3 is 4.52 Å². The fourth-order valence-electron chi connectivity index (χ4n) is 2.57. The number of rotatable bonds is 4. The van der Waals surface area contributed by atoms with Crippen molar-refractivity contribution in [3.8, 4) is 11.4 Å². The Kier molecular flexibility index (Phi) is 5.10. The first-order valence-corrected chi connectivity index (χ1v) is 8.03. The average molecular weight is 386 g/mol. The lowest BCUT2D eigenvalue weighted by Gasteiger charge is -2.26. The topological polar surface area (TPSA) is 88.3 Å². The first-order chi connectivity index (χ1) is 12.7. The summed E-state index contributed by atoms with van der Waals surface area (Å²) in [6, 6.07) is 3.44. The van der Waals surface area contributed by atoms with Gasteiger partial charge >= 0.3 is 12.1 Å². The molecule has 0 spiro atoms. The van der Waals surface area contributed by atoms with Crippen LogP contribution in [0.25, 0.3) is 11.4 Å². The Morgan fingerprint density at radius 2 is 2.07 bits per heavy atom. The van der Waals surface area contributed by atoms with E-state index in [1.54, 1.807) is 0 Å². The molecule has 27 heavy (non-hydrogen) atoms. The summed E-state index contributed by atoms with van der Waals surface area (Å²) in [4.78, 5) is 26.8. The Morgan fingerprint density at radius 3 is 2.70 bits per heavy atom. The van der Waals surface area contributed by atoms with E-state index in [0.717, 1.165) is 18.9 Å². The molecule has 1 aliphatic heterocycles. The number of piperidine rings is 1. The molecule has 1 aromatic carbocycles. The molecule has 7 nitrogen and oxygen atoms in total. The number of hydrogen-bond acceptors (Lipinski definition) is 5. The van der Waals surface area contributed by atoms with Crippen LogP contribution in [-0.4, -0.2) is 33.5 Å². The molecule has 2 aromatic rings. The summed E-state index contributed by atoms with van der Waals surface area (Å²) in [5.41, 5.74) is 2.41. The van der Waals surface area contributed by atoms with E-state index in [-0.39, 0.29) is 23.5 Å². The van der Waals surface area contributed by atoms with Gasteiger partial charge in [0.1, 0.15) is 5.82 Å². The van der Waals surface area contributed by atoms with Crippen LogP contribution in [0.1, 0.15) is 30.7 Å². The molecule has 0 radical (unpaired) electrons. The normalized spacial score (nSPS) is 15.1. The van der Waals surface area contributed by atoms with Gasteiger partial charge in [-0.25, -0.2) is 4.39 Å². The average Bonchev–Trinajstić information content (AvgIpc) is 3.09. The summed E-state index contributed by atoms with van der Waals surface area (Å²) in [6.07, 6.45) is -3.27. The predicted octanol–water partition coefficient (Wildman–Crippen LogP) is 2.48. The maximum Gasteiger partial charge on any atom is 0.471 e. The molecule has 0 unspecified atom stereocenters. The Morgan fingerprint density at radius 1 is 1.30 bits per heavy atom. The summed E-state index contributed by atoms with van der Waals surface area (Å²) >= 11 is 0. The van der Waals surface area contributed by atoms with E-state index >= 15 is 0 Å². The van der Waals surface area contributed by atoms with Crippen LogP contribution < -0.4 is 5.43 Å². The van der Waals surface area contributed by atoms with E-state index in [0.29, 0.717) is 13.0 Å². The SMILES string of the molecule is O=C(Cc1ccc(-c2noc(C(F)(F)F)n2)cc1F)NN1CCCCC1=O. The van der Waals surface area contributed by atoms with Crippen molar-refractivity contribution in [3.05, 3.63) is 35.5 Å². The van der Waals surface area contributed by atoms with Crippen molar-refractivity contribution in [1.29, 1.82) is 0 Å². The molecule has 0 atom stereocenters. The van der Waals surface area contributed by atoms with Gasteiger partial charge in [0.15, 0.2) is 0 Å². The van der Waals surface area contributed by atoms with E-state index in [1.165, 1.54) is 17.1 Å². The molecule has 0 saturated carbocycles. The number of nitrogens with one attached hydrogen (secondary N) is 1. The summed E-state index contributed by atoms with van der Waals surface area (Å²) < 4.78 is 55.8. The highest BCUT2D eigenvalue weighted by Crippen LogP contribution is 2.29. The molecule has 144 valence electrons. The second-order valence-corrected chi connectivity index (χ2v) is 5.94. The van der Waals surface area contributed by atoms with Crippen LogP contribution in [-0.2, 0) is 22.2 Å². The van der Waals surface area contributed by atoms with Gasteiger partial charge in [0.2, 0.25) is 17.6 Å². The smallest absolute Gasteiger partial charge is 0.329 e. The fourth-order valence-corrected chi connectivity index (χ4v) is 2.57. The first kappa shape index (κ1) is 18.8. The van der Waals surface area contributed by atoms with Crippen molar-refractivity contribution >= 4 is 11.8 Å². The van der Waals surface area contributed by atoms with Crippen molar-refractivity contribution in [2.75, 3.05) is 6.54 Å². The lowest BCUT2D eigenvalue weighted by Crippen LogP contribution is -2.48. The standard InChI is InChI=1S/C16H14F4N4O3/c17-11-7-10(14-21-15(27-23-14)16(18,19)20)5-4-9(11)8-12(25)22-24-6-2-1-3-13(24)26/h4-5,7H,1-3,6,8H2,(H,22,25). The lowest BCUT2D eigenvalue weighted by molar-refractivity contribution is -0.159. The third-order valence-corrected chi connectivity index (χ3v) is 3.91. The molecule has 2 amide bonds. The van der Waals surface area contributed by atoms with Crippen molar-refractivity contribution in [3.63, 3.8) is 0 Å². The fraction of sp³-hybridized carbons (Fsp3) is 0.375. The number of hydrogen-bond donors (Lipinski definition) is 1. The largest absolute Gasteiger partial charge is 0.471 e. The minimum Gasteiger partial charge on any atom is -0.329 e. The van der Waals surface area contributed by atoms with Gasteiger partial charge in [0.25, 0.3) is 0 Å². The number of halogens is 4. The van der Waals surface area contributed by atoms with Crippen LogP contribution in [0.3, 0.4) is 0 Å². The van der Waals surface area contributed by atoms with Crippen LogP contribution in [0.2, 0.25) is 0 Å². The van der Waals surface area contributed by atoms with Crippen molar-refractivity contribution in [2.24, 2.45) is 0 Å². The van der Waals surface area contributed by atoms with E-state index in [4.69, 9.17) is 0 Å². The molecule has 1 fully saturated rings. The Hall–Kier alpha value is -2.98. The van der Waals surface area contributed by atoms with Crippen LogP contribution in [0.4, 0.5) is 17.6 Å². The van der Waals surface area contributed by atoms with Gasteiger partial charge in [-0.2, -0.15) is 18.2 Å². The highest BCUT2D eigenvalue weighted by molar-refractivity contribution is 5.83. The highest BCUT2D eigenvalue weighted by atomic mass is 19.4. The molecular weight excluding hydrogens is 372 g/mol. The number of carbonyl (C=O) groups is 2. The number of alkyl halides is 3. The number of benzene rings is 1. The molecule has 3 rings (SSSR count). The zero-order valence-electron chi connectivity index (χ0n) is 13.8. The second kappa shape index (κ2) is 7.33. The zero-order valence-corrected chi connectivity index (χ0v) is 13.8. The second-order valence-electron chi connectivity index (χ2n) is 5.94. The van der Waals surface area contributed by atoms with Gasteiger partial charge in [-0.15, -0.1) is 0 Å². The maximum absolute atomic E-state index is 14.2. The van der Waals surface area contributed by atoms with Gasteiger partial charge in [0, 0.05) is 18.5 Å². The lowest BCUT2D eigenvalue weighted by atomic mass is 10.1. The summed E-state index contributed by atoms with van der Waals surface area (Å²) in [7, 11) is 0. The Balaban J connectivity index is 1.68. The van der Waals surface area contributed by atoms with E-state index in [2.05, 4.69) is 20.1 Å². The number of carbonyl (C=O) groups excluding carboxylic acids is 2. The Bertz CT molecular complexity index is 866. The molecule has 2 heterocycles. The summed E-state index contributed by atoms with van der Waals surface area (Å²) in [5.74, 6) is -3.55. The van der Waals surface area contributed by atoms with Gasteiger partial charge in [-0.05, 0) is 24.5 Å². The maximum atomic E-state index is 14.2. The molecule has 1 saturated heterocycles. The monoisotopic (exact) mass is 386 g/mol. The van der Waals surface area contributed by atoms with E-state index in [1.807, 2.05) is 0 Å². The molecule has 1 N–H and O–H groups in total. The molecule has 0 aliphatic carbocycles. The van der Waals surface area contributed by atoms with E-state index in [9.17, 15) is 27.2 Å². The quantitative estimate of drug-likeness (QED) is 0.816. The molecule has 1 aliphatic rings. The van der Waals surface area contributed by atoms with E-state index < -0.39 is 29.6 Å². The Labute approximate surface area is 150 Å². The van der Waals surface area contributed by atoms with Gasteiger partial charge in [-0.1, -0.05) is 17.3 Å². The predicted molar refractivity (Wildman–Crippen MR) is 82.1 cm³/mol. The third-order valence-electron chi connectivity index (χ3n) is 3.91. The number of hydrazine groups is 1. The molecule has 0 bridgehead atoms. The molecule has 11 heteroatoms. The molecular formula is C16H14F4N4O3. The van der Waals surface area contributed by atoms with Crippen LogP contribution in [0, 0.1) is 5.82 Å². The first-order valence-electron chi connectivity index (χ1n) is 8.03. The number of aromatic nitrogens is 2. The van der Waals surface area contributed by atoms with Crippen molar-refractivity contribution in [2.45, 2.75) is 31.9 Å². The van der Waals surface area contributed by atoms with Gasteiger partial charge in [-0.3, -0.25) is 20.0 Å². The highest BCUT2D eigenvalue weighted by Gasteiger charge is 2.38. The van der Waals surface area contributed by atoms with Gasteiger partial charge in [0.05, 0.1) is 6.42 Å². The summed E-state index contributed by atoms with van der Waals surface area (Å²) in [5, 5.41) is 4.38. The molecule has 1 aromatic heterocycles. The summed E-state index contributed by atoms with van der Waals surface area (Å²) in [6.45, 7) is 0.394. The minimum atomic E-state index is -4.80. The van der Waals surface area contributed by atoms with Crippen molar-refractivity contribution in [1.82, 2.24) is 20.6 Å². The van der Waals surface area contributed by atoms with Crippen LogP contribution in [0.15, 0.2) is 22.7 Å².